The monoisotopic (exact) mass is 272 g/mol. The molecule has 0 bridgehead atoms. The Labute approximate surface area is 118 Å². The molecular formula is C14H20N6. The molecule has 106 valence electrons. The highest BCUT2D eigenvalue weighted by atomic mass is 15.3. The summed E-state index contributed by atoms with van der Waals surface area (Å²) in [5.74, 6) is 0.990. The van der Waals surface area contributed by atoms with Crippen LogP contribution in [0, 0.1) is 0 Å². The highest BCUT2D eigenvalue weighted by Gasteiger charge is 2.25. The van der Waals surface area contributed by atoms with Crippen molar-refractivity contribution in [1.82, 2.24) is 25.3 Å². The third kappa shape index (κ3) is 3.14. The van der Waals surface area contributed by atoms with E-state index in [1.54, 1.807) is 6.20 Å². The predicted molar refractivity (Wildman–Crippen MR) is 77.5 cm³/mol. The van der Waals surface area contributed by atoms with E-state index in [1.165, 1.54) is 12.8 Å². The van der Waals surface area contributed by atoms with Gasteiger partial charge in [0.1, 0.15) is 0 Å². The third-order valence-electron chi connectivity index (χ3n) is 3.69. The summed E-state index contributed by atoms with van der Waals surface area (Å²) in [5.41, 5.74) is 0. The van der Waals surface area contributed by atoms with Crippen molar-refractivity contribution in [3.8, 4) is 0 Å². The molecule has 1 N–H and O–H groups in total. The lowest BCUT2D eigenvalue weighted by atomic mass is 10.2. The molecule has 0 aliphatic carbocycles. The first-order valence-electron chi connectivity index (χ1n) is 7.16. The Balaban J connectivity index is 1.47. The fourth-order valence-electron chi connectivity index (χ4n) is 2.69. The van der Waals surface area contributed by atoms with Gasteiger partial charge < -0.3 is 10.2 Å². The van der Waals surface area contributed by atoms with Crippen molar-refractivity contribution in [2.75, 3.05) is 24.5 Å². The Bertz CT molecular complexity index is 498. The molecule has 3 heterocycles. The van der Waals surface area contributed by atoms with Gasteiger partial charge in [-0.1, -0.05) is 0 Å². The highest BCUT2D eigenvalue weighted by Crippen LogP contribution is 2.22. The lowest BCUT2D eigenvalue weighted by Gasteiger charge is -2.25. The second kappa shape index (κ2) is 6.47. The van der Waals surface area contributed by atoms with Gasteiger partial charge in [-0.2, -0.15) is 10.2 Å². The average molecular weight is 272 g/mol. The van der Waals surface area contributed by atoms with E-state index in [1.807, 2.05) is 35.3 Å². The number of hydrogen-bond donors (Lipinski definition) is 1. The van der Waals surface area contributed by atoms with Crippen LogP contribution < -0.4 is 10.2 Å². The maximum Gasteiger partial charge on any atom is 0.151 e. The molecule has 6 nitrogen and oxygen atoms in total. The molecule has 1 saturated heterocycles. The van der Waals surface area contributed by atoms with E-state index >= 15 is 0 Å². The second-order valence-electron chi connectivity index (χ2n) is 5.04. The van der Waals surface area contributed by atoms with Crippen molar-refractivity contribution in [3.63, 3.8) is 0 Å². The molecule has 2 aromatic heterocycles. The molecule has 0 aromatic carbocycles. The summed E-state index contributed by atoms with van der Waals surface area (Å²) in [6, 6.07) is 6.45. The van der Waals surface area contributed by atoms with Crippen LogP contribution in [0.25, 0.3) is 0 Å². The normalized spacial score (nSPS) is 18.6. The van der Waals surface area contributed by atoms with E-state index in [2.05, 4.69) is 25.5 Å². The summed E-state index contributed by atoms with van der Waals surface area (Å²) in [5, 5.41) is 15.9. The van der Waals surface area contributed by atoms with Crippen LogP contribution >= 0.6 is 0 Å². The molecule has 2 aromatic rings. The Morgan fingerprint density at radius 1 is 1.30 bits per heavy atom. The molecular weight excluding hydrogens is 252 g/mol. The second-order valence-corrected chi connectivity index (χ2v) is 5.04. The zero-order chi connectivity index (χ0) is 13.6. The first kappa shape index (κ1) is 13.1. The van der Waals surface area contributed by atoms with E-state index in [4.69, 9.17) is 0 Å². The SMILES string of the molecule is c1cnnc(N2CCC[C@@H]2CNCCn2cccn2)c1. The molecule has 1 aliphatic rings. The van der Waals surface area contributed by atoms with Gasteiger partial charge in [0.05, 0.1) is 6.54 Å². The van der Waals surface area contributed by atoms with Gasteiger partial charge in [0.15, 0.2) is 5.82 Å². The first-order valence-corrected chi connectivity index (χ1v) is 7.16. The number of hydrogen-bond acceptors (Lipinski definition) is 5. The standard InChI is InChI=1S/C14H20N6/c1-5-14(18-16-6-1)20-10-2-4-13(20)12-15-8-11-19-9-3-7-17-19/h1,3,5-7,9,13,15H,2,4,8,10-12H2/t13-/m1/s1. The van der Waals surface area contributed by atoms with Crippen molar-refractivity contribution in [2.24, 2.45) is 0 Å². The van der Waals surface area contributed by atoms with Crippen molar-refractivity contribution in [1.29, 1.82) is 0 Å². The van der Waals surface area contributed by atoms with Crippen molar-refractivity contribution in [3.05, 3.63) is 36.8 Å². The van der Waals surface area contributed by atoms with Crippen LogP contribution in [-0.2, 0) is 6.54 Å². The molecule has 0 saturated carbocycles. The van der Waals surface area contributed by atoms with Crippen molar-refractivity contribution in [2.45, 2.75) is 25.4 Å². The summed E-state index contributed by atoms with van der Waals surface area (Å²) < 4.78 is 1.95. The van der Waals surface area contributed by atoms with Crippen LogP contribution in [0.3, 0.4) is 0 Å². The molecule has 1 aliphatic heterocycles. The van der Waals surface area contributed by atoms with Gasteiger partial charge in [0, 0.05) is 44.3 Å². The smallest absolute Gasteiger partial charge is 0.151 e. The highest BCUT2D eigenvalue weighted by molar-refractivity contribution is 5.39. The lowest BCUT2D eigenvalue weighted by Crippen LogP contribution is -2.39. The average Bonchev–Trinajstić information content (AvgIpc) is 3.16. The molecule has 0 radical (unpaired) electrons. The fraction of sp³-hybridized carbons (Fsp3) is 0.500. The summed E-state index contributed by atoms with van der Waals surface area (Å²) in [4.78, 5) is 2.36. The van der Waals surface area contributed by atoms with E-state index in [-0.39, 0.29) is 0 Å². The molecule has 20 heavy (non-hydrogen) atoms. The lowest BCUT2D eigenvalue weighted by molar-refractivity contribution is 0.518. The maximum atomic E-state index is 4.21. The van der Waals surface area contributed by atoms with Gasteiger partial charge in [0.2, 0.25) is 0 Å². The van der Waals surface area contributed by atoms with Gasteiger partial charge in [0.25, 0.3) is 0 Å². The fourth-order valence-corrected chi connectivity index (χ4v) is 2.69. The third-order valence-corrected chi connectivity index (χ3v) is 3.69. The van der Waals surface area contributed by atoms with E-state index in [9.17, 15) is 0 Å². The summed E-state index contributed by atoms with van der Waals surface area (Å²) in [6.07, 6.45) is 7.96. The Kier molecular flexibility index (Phi) is 4.22. The molecule has 0 unspecified atom stereocenters. The Morgan fingerprint density at radius 3 is 3.10 bits per heavy atom. The van der Waals surface area contributed by atoms with Gasteiger partial charge in [-0.25, -0.2) is 0 Å². The zero-order valence-electron chi connectivity index (χ0n) is 11.5. The summed E-state index contributed by atoms with van der Waals surface area (Å²) >= 11 is 0. The van der Waals surface area contributed by atoms with Crippen LogP contribution in [0.15, 0.2) is 36.8 Å². The molecule has 6 heteroatoms. The topological polar surface area (TPSA) is 58.9 Å². The Morgan fingerprint density at radius 2 is 2.30 bits per heavy atom. The Hall–Kier alpha value is -1.95. The number of rotatable bonds is 6. The van der Waals surface area contributed by atoms with Crippen molar-refractivity contribution < 1.29 is 0 Å². The molecule has 1 atom stereocenters. The zero-order valence-corrected chi connectivity index (χ0v) is 11.5. The number of nitrogens with one attached hydrogen (secondary N) is 1. The van der Waals surface area contributed by atoms with Crippen LogP contribution in [0.2, 0.25) is 0 Å². The van der Waals surface area contributed by atoms with Crippen LogP contribution in [-0.4, -0.2) is 45.7 Å². The maximum absolute atomic E-state index is 4.21. The van der Waals surface area contributed by atoms with Crippen molar-refractivity contribution >= 4 is 5.82 Å². The number of aromatic nitrogens is 4. The molecule has 1 fully saturated rings. The number of nitrogens with zero attached hydrogens (tertiary/aromatic N) is 5. The number of anilines is 1. The van der Waals surface area contributed by atoms with Gasteiger partial charge in [-0.15, -0.1) is 5.10 Å². The van der Waals surface area contributed by atoms with E-state index in [0.29, 0.717) is 6.04 Å². The molecule has 0 amide bonds. The van der Waals surface area contributed by atoms with Crippen LogP contribution in [0.4, 0.5) is 5.82 Å². The minimum Gasteiger partial charge on any atom is -0.351 e. The van der Waals surface area contributed by atoms with Gasteiger partial charge >= 0.3 is 0 Å². The van der Waals surface area contributed by atoms with E-state index in [0.717, 1.165) is 32.0 Å². The largest absolute Gasteiger partial charge is 0.351 e. The molecule has 3 rings (SSSR count). The van der Waals surface area contributed by atoms with Crippen LogP contribution in [0.5, 0.6) is 0 Å². The van der Waals surface area contributed by atoms with Gasteiger partial charge in [-0.3, -0.25) is 4.68 Å². The quantitative estimate of drug-likeness (QED) is 0.793. The summed E-state index contributed by atoms with van der Waals surface area (Å²) in [7, 11) is 0. The summed E-state index contributed by atoms with van der Waals surface area (Å²) in [6.45, 7) is 3.90. The minimum atomic E-state index is 0.518. The van der Waals surface area contributed by atoms with Crippen LogP contribution in [0.1, 0.15) is 12.8 Å². The predicted octanol–water partition coefficient (Wildman–Crippen LogP) is 0.932. The first-order chi connectivity index (χ1) is 9.93. The van der Waals surface area contributed by atoms with Gasteiger partial charge in [-0.05, 0) is 31.0 Å². The minimum absolute atomic E-state index is 0.518. The molecule has 0 spiro atoms. The van der Waals surface area contributed by atoms with E-state index < -0.39 is 0 Å².